The highest BCUT2D eigenvalue weighted by molar-refractivity contribution is 5.81. The molecule has 0 saturated carbocycles. The van der Waals surface area contributed by atoms with Gasteiger partial charge in [0.25, 0.3) is 0 Å². The highest BCUT2D eigenvalue weighted by Crippen LogP contribution is 2.05. The molecule has 1 heterocycles. The summed E-state index contributed by atoms with van der Waals surface area (Å²) in [4.78, 5) is 11.5. The average Bonchev–Trinajstić information content (AvgIpc) is 2.27. The summed E-state index contributed by atoms with van der Waals surface area (Å²) in [6, 6.07) is 0.0462. The van der Waals surface area contributed by atoms with Crippen molar-refractivity contribution in [3.63, 3.8) is 0 Å². The van der Waals surface area contributed by atoms with Gasteiger partial charge in [-0.2, -0.15) is 0 Å². The summed E-state index contributed by atoms with van der Waals surface area (Å²) in [6.45, 7) is 6.08. The lowest BCUT2D eigenvalue weighted by Crippen LogP contribution is -2.43. The Morgan fingerprint density at radius 2 is 2.31 bits per heavy atom. The van der Waals surface area contributed by atoms with Crippen molar-refractivity contribution in [1.82, 2.24) is 10.6 Å². The van der Waals surface area contributed by atoms with Crippen LogP contribution < -0.4 is 10.6 Å². The molecule has 0 bridgehead atoms. The van der Waals surface area contributed by atoms with Crippen LogP contribution in [0.3, 0.4) is 0 Å². The van der Waals surface area contributed by atoms with E-state index in [1.807, 2.05) is 0 Å². The Morgan fingerprint density at radius 3 is 3.00 bits per heavy atom. The molecule has 0 radical (unpaired) electrons. The van der Waals surface area contributed by atoms with E-state index >= 15 is 0 Å². The van der Waals surface area contributed by atoms with E-state index < -0.39 is 0 Å². The quantitative estimate of drug-likeness (QED) is 0.684. The molecule has 3 nitrogen and oxygen atoms in total. The van der Waals surface area contributed by atoms with Gasteiger partial charge in [-0.3, -0.25) is 4.79 Å². The second-order valence-electron chi connectivity index (χ2n) is 4.14. The number of rotatable bonds is 3. The molecule has 0 aromatic carbocycles. The minimum atomic E-state index is 0.0462. The normalized spacial score (nSPS) is 24.2. The van der Waals surface area contributed by atoms with Gasteiger partial charge in [-0.05, 0) is 31.7 Å². The van der Waals surface area contributed by atoms with Crippen molar-refractivity contribution in [1.29, 1.82) is 0 Å². The molecule has 1 fully saturated rings. The topological polar surface area (TPSA) is 41.1 Å². The number of carbonyl (C=O) groups is 1. The molecule has 0 aromatic heterocycles. The van der Waals surface area contributed by atoms with Crippen molar-refractivity contribution >= 4 is 5.91 Å². The highest BCUT2D eigenvalue weighted by Gasteiger charge is 2.19. The van der Waals surface area contributed by atoms with Crippen LogP contribution in [0.5, 0.6) is 0 Å². The van der Waals surface area contributed by atoms with Crippen LogP contribution in [0.15, 0.2) is 0 Å². The Labute approximate surface area is 80.3 Å². The lowest BCUT2D eigenvalue weighted by atomic mass is 10.1. The van der Waals surface area contributed by atoms with Crippen LogP contribution in [0.25, 0.3) is 0 Å². The van der Waals surface area contributed by atoms with Crippen molar-refractivity contribution in [3.8, 4) is 0 Å². The summed E-state index contributed by atoms with van der Waals surface area (Å²) >= 11 is 0. The molecule has 1 atom stereocenters. The predicted octanol–water partition coefficient (Wildman–Crippen LogP) is 0.901. The summed E-state index contributed by atoms with van der Waals surface area (Å²) in [6.07, 6.45) is 3.25. The maximum Gasteiger partial charge on any atom is 0.237 e. The second kappa shape index (κ2) is 5.22. The third kappa shape index (κ3) is 3.77. The van der Waals surface area contributed by atoms with E-state index in [2.05, 4.69) is 24.5 Å². The van der Waals surface area contributed by atoms with Crippen LogP contribution in [-0.4, -0.2) is 25.0 Å². The summed E-state index contributed by atoms with van der Waals surface area (Å²) < 4.78 is 0. The molecule has 76 valence electrons. The van der Waals surface area contributed by atoms with Crippen molar-refractivity contribution in [2.45, 2.75) is 39.2 Å². The van der Waals surface area contributed by atoms with E-state index in [1.54, 1.807) is 0 Å². The van der Waals surface area contributed by atoms with E-state index in [4.69, 9.17) is 0 Å². The van der Waals surface area contributed by atoms with Gasteiger partial charge >= 0.3 is 0 Å². The molecular formula is C10H20N2O. The lowest BCUT2D eigenvalue weighted by Gasteiger charge is -2.16. The first kappa shape index (κ1) is 10.5. The molecule has 3 heteroatoms. The third-order valence-electron chi connectivity index (χ3n) is 2.31. The Kier molecular flexibility index (Phi) is 4.22. The Balaban J connectivity index is 2.32. The van der Waals surface area contributed by atoms with Crippen molar-refractivity contribution in [3.05, 3.63) is 0 Å². The molecule has 2 N–H and O–H groups in total. The molecule has 1 rings (SSSR count). The van der Waals surface area contributed by atoms with Gasteiger partial charge in [0.1, 0.15) is 0 Å². The smallest absolute Gasteiger partial charge is 0.237 e. The zero-order chi connectivity index (χ0) is 9.68. The Bertz CT molecular complexity index is 168. The highest BCUT2D eigenvalue weighted by atomic mass is 16.2. The van der Waals surface area contributed by atoms with Crippen molar-refractivity contribution in [2.24, 2.45) is 5.92 Å². The molecule has 1 saturated heterocycles. The molecule has 13 heavy (non-hydrogen) atoms. The van der Waals surface area contributed by atoms with Gasteiger partial charge in [-0.1, -0.05) is 13.8 Å². The second-order valence-corrected chi connectivity index (χ2v) is 4.14. The van der Waals surface area contributed by atoms with Gasteiger partial charge in [-0.15, -0.1) is 0 Å². The largest absolute Gasteiger partial charge is 0.355 e. The fourth-order valence-corrected chi connectivity index (χ4v) is 1.51. The lowest BCUT2D eigenvalue weighted by molar-refractivity contribution is -0.122. The summed E-state index contributed by atoms with van der Waals surface area (Å²) in [5.74, 6) is 0.786. The third-order valence-corrected chi connectivity index (χ3v) is 2.31. The first-order valence-corrected chi connectivity index (χ1v) is 5.21. The Hall–Kier alpha value is -0.570. The maximum absolute atomic E-state index is 11.5. The van der Waals surface area contributed by atoms with Crippen LogP contribution in [0.1, 0.15) is 33.1 Å². The molecule has 1 amide bonds. The van der Waals surface area contributed by atoms with Gasteiger partial charge in [0.15, 0.2) is 0 Å². The minimum Gasteiger partial charge on any atom is -0.355 e. The van der Waals surface area contributed by atoms with Crippen LogP contribution in [0.4, 0.5) is 0 Å². The fraction of sp³-hybridized carbons (Fsp3) is 0.900. The van der Waals surface area contributed by atoms with E-state index in [-0.39, 0.29) is 11.9 Å². The van der Waals surface area contributed by atoms with E-state index in [1.165, 1.54) is 0 Å². The summed E-state index contributed by atoms with van der Waals surface area (Å²) in [5, 5.41) is 6.22. The minimum absolute atomic E-state index is 0.0462. The van der Waals surface area contributed by atoms with Crippen molar-refractivity contribution < 1.29 is 4.79 Å². The van der Waals surface area contributed by atoms with Crippen LogP contribution in [-0.2, 0) is 4.79 Å². The summed E-state index contributed by atoms with van der Waals surface area (Å²) in [5.41, 5.74) is 0. The molecule has 1 aliphatic rings. The Morgan fingerprint density at radius 1 is 1.54 bits per heavy atom. The number of carbonyl (C=O) groups excluding carboxylic acids is 1. The SMILES string of the molecule is CC(C)CNC1CCCCNC1=O. The molecule has 0 aliphatic carbocycles. The van der Waals surface area contributed by atoms with E-state index in [0.717, 1.165) is 32.4 Å². The molecular weight excluding hydrogens is 164 g/mol. The van der Waals surface area contributed by atoms with Gasteiger partial charge in [-0.25, -0.2) is 0 Å². The zero-order valence-corrected chi connectivity index (χ0v) is 8.60. The van der Waals surface area contributed by atoms with Crippen molar-refractivity contribution in [2.75, 3.05) is 13.1 Å². The van der Waals surface area contributed by atoms with E-state index in [0.29, 0.717) is 5.92 Å². The number of hydrogen-bond acceptors (Lipinski definition) is 2. The fourth-order valence-electron chi connectivity index (χ4n) is 1.51. The standard InChI is InChI=1S/C10H20N2O/c1-8(2)7-12-9-5-3-4-6-11-10(9)13/h8-9,12H,3-7H2,1-2H3,(H,11,13). The average molecular weight is 184 g/mol. The van der Waals surface area contributed by atoms with Gasteiger partial charge in [0, 0.05) is 6.54 Å². The first-order chi connectivity index (χ1) is 6.20. The zero-order valence-electron chi connectivity index (χ0n) is 8.60. The first-order valence-electron chi connectivity index (χ1n) is 5.21. The summed E-state index contributed by atoms with van der Waals surface area (Å²) in [7, 11) is 0. The molecule has 0 spiro atoms. The molecule has 1 aliphatic heterocycles. The number of hydrogen-bond donors (Lipinski definition) is 2. The van der Waals surface area contributed by atoms with Crippen LogP contribution in [0.2, 0.25) is 0 Å². The maximum atomic E-state index is 11.5. The molecule has 1 unspecified atom stereocenters. The monoisotopic (exact) mass is 184 g/mol. The van der Waals surface area contributed by atoms with Crippen LogP contribution in [0, 0.1) is 5.92 Å². The van der Waals surface area contributed by atoms with Gasteiger partial charge < -0.3 is 10.6 Å². The van der Waals surface area contributed by atoms with Gasteiger partial charge in [0.2, 0.25) is 5.91 Å². The predicted molar refractivity (Wildman–Crippen MR) is 53.5 cm³/mol. The van der Waals surface area contributed by atoms with Gasteiger partial charge in [0.05, 0.1) is 6.04 Å². The number of amides is 1. The molecule has 0 aromatic rings. The van der Waals surface area contributed by atoms with Crippen LogP contribution >= 0.6 is 0 Å². The number of nitrogens with one attached hydrogen (secondary N) is 2. The van der Waals surface area contributed by atoms with E-state index in [9.17, 15) is 4.79 Å².